The van der Waals surface area contributed by atoms with Gasteiger partial charge in [0.2, 0.25) is 0 Å². The van der Waals surface area contributed by atoms with Crippen LogP contribution in [0.25, 0.3) is 0 Å². The lowest BCUT2D eigenvalue weighted by atomic mass is 9.99. The summed E-state index contributed by atoms with van der Waals surface area (Å²) in [6, 6.07) is 17.1. The van der Waals surface area contributed by atoms with E-state index in [0.29, 0.717) is 24.2 Å². The van der Waals surface area contributed by atoms with Crippen LogP contribution in [0, 0.1) is 10.1 Å². The third kappa shape index (κ3) is 5.85. The van der Waals surface area contributed by atoms with E-state index in [1.54, 1.807) is 11.9 Å². The summed E-state index contributed by atoms with van der Waals surface area (Å²) in [5, 5.41) is 10.7. The van der Waals surface area contributed by atoms with Crippen LogP contribution in [0.15, 0.2) is 54.6 Å². The summed E-state index contributed by atoms with van der Waals surface area (Å²) in [7, 11) is 1.77. The van der Waals surface area contributed by atoms with Crippen molar-refractivity contribution in [2.45, 2.75) is 44.2 Å². The topological polar surface area (TPSA) is 87.5 Å². The number of nitro benzene ring substituents is 1. The van der Waals surface area contributed by atoms with Crippen molar-refractivity contribution in [2.24, 2.45) is 0 Å². The number of nitrogens with one attached hydrogen (secondary N) is 2. The Morgan fingerprint density at radius 2 is 1.79 bits per heavy atom. The number of rotatable bonds is 9. The molecule has 1 heterocycles. The monoisotopic (exact) mass is 396 g/mol. The van der Waals surface area contributed by atoms with Crippen LogP contribution in [-0.2, 0) is 0 Å². The SMILES string of the molecule is CN(CCCCCC1CC(c2ccccc2)NN1)C(=O)c1ccc([N+](=O)[O-])cc1. The first kappa shape index (κ1) is 21.0. The number of non-ortho nitro benzene ring substituents is 1. The second-order valence-electron chi connectivity index (χ2n) is 7.56. The summed E-state index contributed by atoms with van der Waals surface area (Å²) in [6.07, 6.45) is 5.31. The third-order valence-electron chi connectivity index (χ3n) is 5.40. The van der Waals surface area contributed by atoms with E-state index in [1.165, 1.54) is 29.8 Å². The molecule has 7 nitrogen and oxygen atoms in total. The second kappa shape index (κ2) is 10.1. The predicted molar refractivity (Wildman–Crippen MR) is 112 cm³/mol. The zero-order valence-electron chi connectivity index (χ0n) is 16.7. The van der Waals surface area contributed by atoms with Gasteiger partial charge in [0.1, 0.15) is 0 Å². The maximum absolute atomic E-state index is 12.4. The largest absolute Gasteiger partial charge is 0.342 e. The smallest absolute Gasteiger partial charge is 0.269 e. The Morgan fingerprint density at radius 3 is 2.48 bits per heavy atom. The van der Waals surface area contributed by atoms with Crippen molar-refractivity contribution in [3.8, 4) is 0 Å². The zero-order valence-corrected chi connectivity index (χ0v) is 16.7. The standard InChI is InChI=1S/C22H28N4O3/c1-25(22(27)18-11-13-20(14-12-18)26(28)29)15-7-3-6-10-19-16-21(24-23-19)17-8-4-2-5-9-17/h2,4-5,8-9,11-14,19,21,23-24H,3,6-7,10,15-16H2,1H3. The molecule has 1 saturated heterocycles. The molecule has 1 amide bonds. The summed E-state index contributed by atoms with van der Waals surface area (Å²) >= 11 is 0. The zero-order chi connectivity index (χ0) is 20.6. The van der Waals surface area contributed by atoms with Gasteiger partial charge in [-0.1, -0.05) is 43.2 Å². The van der Waals surface area contributed by atoms with Gasteiger partial charge in [0.05, 0.1) is 4.92 Å². The van der Waals surface area contributed by atoms with Gasteiger partial charge >= 0.3 is 0 Å². The number of nitrogens with zero attached hydrogens (tertiary/aromatic N) is 2. The van der Waals surface area contributed by atoms with Crippen molar-refractivity contribution < 1.29 is 9.72 Å². The highest BCUT2D eigenvalue weighted by atomic mass is 16.6. The second-order valence-corrected chi connectivity index (χ2v) is 7.56. The molecule has 2 N–H and O–H groups in total. The van der Waals surface area contributed by atoms with Crippen molar-refractivity contribution in [3.63, 3.8) is 0 Å². The predicted octanol–water partition coefficient (Wildman–Crippen LogP) is 3.84. The van der Waals surface area contributed by atoms with Crippen molar-refractivity contribution >= 4 is 11.6 Å². The fourth-order valence-corrected chi connectivity index (χ4v) is 3.68. The van der Waals surface area contributed by atoms with Gasteiger partial charge in [-0.2, -0.15) is 0 Å². The van der Waals surface area contributed by atoms with E-state index in [0.717, 1.165) is 32.1 Å². The number of carbonyl (C=O) groups excluding carboxylic acids is 1. The van der Waals surface area contributed by atoms with E-state index in [-0.39, 0.29) is 11.6 Å². The Balaban J connectivity index is 1.33. The van der Waals surface area contributed by atoms with Gasteiger partial charge in [0.25, 0.3) is 11.6 Å². The summed E-state index contributed by atoms with van der Waals surface area (Å²) in [5.41, 5.74) is 8.56. The van der Waals surface area contributed by atoms with Gasteiger partial charge in [-0.3, -0.25) is 25.8 Å². The van der Waals surface area contributed by atoms with Gasteiger partial charge in [-0.25, -0.2) is 0 Å². The van der Waals surface area contributed by atoms with Crippen molar-refractivity contribution in [2.75, 3.05) is 13.6 Å². The number of unbranched alkanes of at least 4 members (excludes halogenated alkanes) is 2. The highest BCUT2D eigenvalue weighted by molar-refractivity contribution is 5.94. The van der Waals surface area contributed by atoms with E-state index in [2.05, 4.69) is 35.1 Å². The minimum Gasteiger partial charge on any atom is -0.342 e. The minimum atomic E-state index is -0.464. The van der Waals surface area contributed by atoms with Crippen LogP contribution in [0.2, 0.25) is 0 Å². The van der Waals surface area contributed by atoms with Crippen LogP contribution < -0.4 is 10.9 Å². The van der Waals surface area contributed by atoms with Gasteiger partial charge in [0, 0.05) is 43.4 Å². The van der Waals surface area contributed by atoms with Crippen molar-refractivity contribution in [1.29, 1.82) is 0 Å². The number of hydrazine groups is 1. The molecule has 3 rings (SSSR count). The van der Waals surface area contributed by atoms with Crippen LogP contribution in [0.1, 0.15) is 54.1 Å². The Labute approximate surface area is 171 Å². The first-order valence-electron chi connectivity index (χ1n) is 10.1. The molecular formula is C22H28N4O3. The number of nitro groups is 1. The molecule has 0 radical (unpaired) electrons. The summed E-state index contributed by atoms with van der Waals surface area (Å²) in [6.45, 7) is 0.679. The number of carbonyl (C=O) groups is 1. The molecular weight excluding hydrogens is 368 g/mol. The van der Waals surface area contributed by atoms with Crippen LogP contribution in [0.4, 0.5) is 5.69 Å². The molecule has 7 heteroatoms. The molecule has 154 valence electrons. The average molecular weight is 396 g/mol. The first-order valence-corrected chi connectivity index (χ1v) is 10.1. The summed E-state index contributed by atoms with van der Waals surface area (Å²) < 4.78 is 0. The molecule has 1 fully saturated rings. The number of benzene rings is 2. The highest BCUT2D eigenvalue weighted by Crippen LogP contribution is 2.24. The third-order valence-corrected chi connectivity index (χ3v) is 5.40. The van der Waals surface area contributed by atoms with Gasteiger partial charge in [0.15, 0.2) is 0 Å². The lowest BCUT2D eigenvalue weighted by molar-refractivity contribution is -0.384. The van der Waals surface area contributed by atoms with Gasteiger partial charge < -0.3 is 4.90 Å². The normalized spacial score (nSPS) is 18.5. The highest BCUT2D eigenvalue weighted by Gasteiger charge is 2.24. The van der Waals surface area contributed by atoms with Gasteiger partial charge in [-0.05, 0) is 37.0 Å². The van der Waals surface area contributed by atoms with Crippen molar-refractivity contribution in [1.82, 2.24) is 15.8 Å². The van der Waals surface area contributed by atoms with E-state index >= 15 is 0 Å². The van der Waals surface area contributed by atoms with E-state index in [4.69, 9.17) is 0 Å². The molecule has 0 saturated carbocycles. The fourth-order valence-electron chi connectivity index (χ4n) is 3.68. The Kier molecular flexibility index (Phi) is 7.32. The molecule has 0 spiro atoms. The summed E-state index contributed by atoms with van der Waals surface area (Å²) in [4.78, 5) is 24.3. The first-order chi connectivity index (χ1) is 14.0. The Bertz CT molecular complexity index is 811. The molecule has 0 bridgehead atoms. The quantitative estimate of drug-likeness (QED) is 0.382. The van der Waals surface area contributed by atoms with Crippen LogP contribution in [-0.4, -0.2) is 35.4 Å². The maximum Gasteiger partial charge on any atom is 0.269 e. The molecule has 29 heavy (non-hydrogen) atoms. The maximum atomic E-state index is 12.4. The molecule has 2 aromatic rings. The van der Waals surface area contributed by atoms with Crippen LogP contribution in [0.3, 0.4) is 0 Å². The molecule has 2 atom stereocenters. The lowest BCUT2D eigenvalue weighted by Crippen LogP contribution is -2.30. The number of hydrogen-bond donors (Lipinski definition) is 2. The van der Waals surface area contributed by atoms with E-state index < -0.39 is 4.92 Å². The van der Waals surface area contributed by atoms with Crippen LogP contribution >= 0.6 is 0 Å². The minimum absolute atomic E-state index is 0.00582. The lowest BCUT2D eigenvalue weighted by Gasteiger charge is -2.17. The fraction of sp³-hybridized carbons (Fsp3) is 0.409. The molecule has 1 aliphatic heterocycles. The van der Waals surface area contributed by atoms with Gasteiger partial charge in [-0.15, -0.1) is 0 Å². The van der Waals surface area contributed by atoms with E-state index in [1.807, 2.05) is 6.07 Å². The average Bonchev–Trinajstić information content (AvgIpc) is 3.22. The molecule has 1 aliphatic rings. The van der Waals surface area contributed by atoms with Crippen molar-refractivity contribution in [3.05, 3.63) is 75.8 Å². The number of hydrogen-bond acceptors (Lipinski definition) is 5. The van der Waals surface area contributed by atoms with Crippen LogP contribution in [0.5, 0.6) is 0 Å². The molecule has 2 aromatic carbocycles. The molecule has 2 unspecified atom stereocenters. The Morgan fingerprint density at radius 1 is 1.07 bits per heavy atom. The number of amides is 1. The van der Waals surface area contributed by atoms with E-state index in [9.17, 15) is 14.9 Å². The molecule has 0 aromatic heterocycles. The summed E-state index contributed by atoms with van der Waals surface area (Å²) in [5.74, 6) is -0.104. The Hall–Kier alpha value is -2.77. The molecule has 0 aliphatic carbocycles.